The molecule has 2 N–H and O–H groups in total. The van der Waals surface area contributed by atoms with Gasteiger partial charge in [-0.1, -0.05) is 30.3 Å². The van der Waals surface area contributed by atoms with Gasteiger partial charge in [-0.2, -0.15) is 0 Å². The van der Waals surface area contributed by atoms with Crippen LogP contribution in [0.15, 0.2) is 108 Å². The van der Waals surface area contributed by atoms with Crippen molar-refractivity contribution in [1.82, 2.24) is 0 Å². The van der Waals surface area contributed by atoms with E-state index in [4.69, 9.17) is 10.5 Å². The summed E-state index contributed by atoms with van der Waals surface area (Å²) in [5.41, 5.74) is 12.2. The molecule has 0 fully saturated rings. The molecule has 2 aromatic carbocycles. The summed E-state index contributed by atoms with van der Waals surface area (Å²) in [7, 11) is 8.11. The Morgan fingerprint density at radius 3 is 2.11 bits per heavy atom. The lowest BCUT2D eigenvalue weighted by Crippen LogP contribution is -2.10. The molecule has 4 rings (SSSR count). The predicted octanol–water partition coefficient (Wildman–Crippen LogP) is 4.96. The first-order valence-corrected chi connectivity index (χ1v) is 11.4. The second-order valence-electron chi connectivity index (χ2n) is 8.81. The fraction of sp³-hybridized carbons (Fsp3) is 0.133. The normalized spacial score (nSPS) is 15.1. The quantitative estimate of drug-likeness (QED) is 0.637. The number of nitrogens with zero attached hydrogens (tertiary/aromatic N) is 2. The topological polar surface area (TPSA) is 58.6 Å². The molecule has 176 valence electrons. The Bertz CT molecular complexity index is 1330. The van der Waals surface area contributed by atoms with Crippen molar-refractivity contribution in [3.63, 3.8) is 0 Å². The Balaban J connectivity index is 1.69. The summed E-state index contributed by atoms with van der Waals surface area (Å²) < 4.78 is 8.36. The van der Waals surface area contributed by atoms with E-state index in [1.807, 2.05) is 58.6 Å². The van der Waals surface area contributed by atoms with Crippen LogP contribution in [0, 0.1) is 0 Å². The van der Waals surface area contributed by atoms with E-state index in [9.17, 15) is 4.79 Å². The lowest BCUT2D eigenvalue weighted by atomic mass is 9.99. The average Bonchev–Trinajstić information content (AvgIpc) is 2.87. The molecule has 1 heterocycles. The Kier molecular flexibility index (Phi) is 6.97. The van der Waals surface area contributed by atoms with Crippen molar-refractivity contribution in [2.45, 2.75) is 0 Å². The van der Waals surface area contributed by atoms with E-state index in [0.29, 0.717) is 5.56 Å². The van der Waals surface area contributed by atoms with Crippen LogP contribution >= 0.6 is 0 Å². The molecule has 0 saturated carbocycles. The van der Waals surface area contributed by atoms with Gasteiger partial charge in [-0.05, 0) is 71.3 Å². The first-order valence-electron chi connectivity index (χ1n) is 11.4. The van der Waals surface area contributed by atoms with E-state index in [1.165, 1.54) is 0 Å². The first kappa shape index (κ1) is 23.8. The molecule has 1 amide bonds. The summed E-state index contributed by atoms with van der Waals surface area (Å²) in [4.78, 5) is 13.4. The fourth-order valence-electron chi connectivity index (χ4n) is 3.73. The van der Waals surface area contributed by atoms with Crippen molar-refractivity contribution in [1.29, 1.82) is 0 Å². The SMILES string of the molecule is CN(C)c1ccc(C2=CC(=C3C=CC(=[N+](C)C)C=C3)OC(C=Cc3ccc(C(N)=O)cc3)=C2)cc1. The van der Waals surface area contributed by atoms with Gasteiger partial charge < -0.3 is 15.4 Å². The van der Waals surface area contributed by atoms with E-state index in [-0.39, 0.29) is 0 Å². The summed E-state index contributed by atoms with van der Waals surface area (Å²) >= 11 is 0. The molecule has 35 heavy (non-hydrogen) atoms. The number of benzene rings is 2. The van der Waals surface area contributed by atoms with E-state index in [2.05, 4.69) is 64.1 Å². The van der Waals surface area contributed by atoms with Crippen LogP contribution < -0.4 is 10.6 Å². The van der Waals surface area contributed by atoms with Gasteiger partial charge in [0.25, 0.3) is 0 Å². The number of rotatable bonds is 5. The van der Waals surface area contributed by atoms with Crippen LogP contribution in [0.2, 0.25) is 0 Å². The number of amides is 1. The maximum absolute atomic E-state index is 11.3. The number of nitrogens with two attached hydrogens (primary N) is 1. The van der Waals surface area contributed by atoms with Crippen LogP contribution in [0.4, 0.5) is 5.69 Å². The molecule has 0 unspecified atom stereocenters. The van der Waals surface area contributed by atoms with Crippen molar-refractivity contribution in [2.24, 2.45) is 5.73 Å². The molecule has 5 nitrogen and oxygen atoms in total. The molecular weight excluding hydrogens is 434 g/mol. The smallest absolute Gasteiger partial charge is 0.248 e. The Morgan fingerprint density at radius 1 is 0.886 bits per heavy atom. The van der Waals surface area contributed by atoms with Gasteiger partial charge in [0.1, 0.15) is 25.6 Å². The van der Waals surface area contributed by atoms with Crippen LogP contribution in [-0.4, -0.2) is 44.4 Å². The largest absolute Gasteiger partial charge is 0.457 e. The third kappa shape index (κ3) is 5.76. The van der Waals surface area contributed by atoms with Gasteiger partial charge in [0.05, 0.1) is 0 Å². The van der Waals surface area contributed by atoms with Gasteiger partial charge >= 0.3 is 0 Å². The molecule has 0 aromatic heterocycles. The highest BCUT2D eigenvalue weighted by Crippen LogP contribution is 2.31. The molecule has 1 aliphatic carbocycles. The number of carbonyl (C=O) groups excluding carboxylic acids is 1. The molecule has 2 aliphatic rings. The first-order chi connectivity index (χ1) is 16.8. The van der Waals surface area contributed by atoms with Gasteiger partial charge in [0.15, 0.2) is 5.71 Å². The van der Waals surface area contributed by atoms with Crippen molar-refractivity contribution < 1.29 is 14.1 Å². The molecule has 0 bridgehead atoms. The van der Waals surface area contributed by atoms with Crippen LogP contribution in [0.25, 0.3) is 11.6 Å². The maximum Gasteiger partial charge on any atom is 0.248 e. The van der Waals surface area contributed by atoms with E-state index < -0.39 is 5.91 Å². The molecule has 1 aliphatic heterocycles. The third-order valence-corrected chi connectivity index (χ3v) is 5.83. The second kappa shape index (κ2) is 10.3. The predicted molar refractivity (Wildman–Crippen MR) is 144 cm³/mol. The van der Waals surface area contributed by atoms with Crippen molar-refractivity contribution in [3.8, 4) is 0 Å². The second-order valence-corrected chi connectivity index (χ2v) is 8.81. The summed E-state index contributed by atoms with van der Waals surface area (Å²) in [6.45, 7) is 0. The standard InChI is InChI=1S/C30H29N3O2/c1-32(2)26-14-10-22(11-15-26)25-19-28(18-7-21-5-8-24(9-6-21)30(31)34)35-29(20-25)23-12-16-27(17-13-23)33(3)4/h5-20H,1-4H3,(H-,31,34)/p+1. The minimum atomic E-state index is -0.437. The molecule has 0 atom stereocenters. The number of ether oxygens (including phenoxy) is 1. The van der Waals surface area contributed by atoms with Crippen molar-refractivity contribution in [3.05, 3.63) is 125 Å². The molecule has 0 saturated heterocycles. The minimum absolute atomic E-state index is 0.437. The van der Waals surface area contributed by atoms with Crippen LogP contribution in [-0.2, 0) is 4.74 Å². The number of hydrogen-bond donors (Lipinski definition) is 1. The average molecular weight is 465 g/mol. The molecule has 0 spiro atoms. The summed E-state index contributed by atoms with van der Waals surface area (Å²) in [5, 5.41) is 0. The lowest BCUT2D eigenvalue weighted by molar-refractivity contribution is -0.462. The number of allylic oxidation sites excluding steroid dienone is 9. The van der Waals surface area contributed by atoms with Crippen LogP contribution in [0.1, 0.15) is 21.5 Å². The monoisotopic (exact) mass is 464 g/mol. The van der Waals surface area contributed by atoms with Gasteiger partial charge in [-0.3, -0.25) is 4.79 Å². The van der Waals surface area contributed by atoms with Crippen molar-refractivity contribution >= 4 is 29.0 Å². The Morgan fingerprint density at radius 2 is 1.54 bits per heavy atom. The number of hydrogen-bond acceptors (Lipinski definition) is 3. The molecule has 2 aromatic rings. The van der Waals surface area contributed by atoms with E-state index in [1.54, 1.807) is 12.1 Å². The summed E-state index contributed by atoms with van der Waals surface area (Å²) in [6.07, 6.45) is 16.3. The van der Waals surface area contributed by atoms with Crippen molar-refractivity contribution in [2.75, 3.05) is 33.1 Å². The summed E-state index contributed by atoms with van der Waals surface area (Å²) in [6, 6.07) is 15.6. The zero-order valence-electron chi connectivity index (χ0n) is 20.5. The van der Waals surface area contributed by atoms with Gasteiger partial charge in [0, 0.05) is 43.1 Å². The zero-order chi connectivity index (χ0) is 24.9. The van der Waals surface area contributed by atoms with Gasteiger partial charge in [-0.15, -0.1) is 0 Å². The van der Waals surface area contributed by atoms with Gasteiger partial charge in [-0.25, -0.2) is 4.58 Å². The third-order valence-electron chi connectivity index (χ3n) is 5.83. The highest BCUT2D eigenvalue weighted by Gasteiger charge is 2.16. The van der Waals surface area contributed by atoms with E-state index >= 15 is 0 Å². The molecular formula is C30H30N3O2+. The van der Waals surface area contributed by atoms with Crippen LogP contribution in [0.3, 0.4) is 0 Å². The van der Waals surface area contributed by atoms with Gasteiger partial charge in [0.2, 0.25) is 5.91 Å². The highest BCUT2D eigenvalue weighted by molar-refractivity contribution is 6.02. The lowest BCUT2D eigenvalue weighted by Gasteiger charge is -2.19. The number of anilines is 1. The number of carbonyl (C=O) groups is 1. The van der Waals surface area contributed by atoms with E-state index in [0.717, 1.165) is 45.2 Å². The molecule has 0 radical (unpaired) electrons. The van der Waals surface area contributed by atoms with Crippen LogP contribution in [0.5, 0.6) is 0 Å². The Hall–Kier alpha value is -4.38. The Labute approximate surface area is 206 Å². The zero-order valence-corrected chi connectivity index (χ0v) is 20.5. The maximum atomic E-state index is 11.3. The number of primary amides is 1. The summed E-state index contributed by atoms with van der Waals surface area (Å²) in [5.74, 6) is 1.08. The highest BCUT2D eigenvalue weighted by atomic mass is 16.5. The molecule has 5 heteroatoms. The fourth-order valence-corrected chi connectivity index (χ4v) is 3.73. The minimum Gasteiger partial charge on any atom is -0.457 e.